The quantitative estimate of drug-likeness (QED) is 0.720. The Labute approximate surface area is 155 Å². The van der Waals surface area contributed by atoms with E-state index < -0.39 is 28.5 Å². The van der Waals surface area contributed by atoms with Crippen molar-refractivity contribution in [2.45, 2.75) is 11.4 Å². The normalized spacial score (nSPS) is 11.3. The number of halogens is 1. The minimum absolute atomic E-state index is 0.0590. The van der Waals surface area contributed by atoms with Gasteiger partial charge in [-0.05, 0) is 23.8 Å². The van der Waals surface area contributed by atoms with Crippen LogP contribution in [0.2, 0.25) is 5.02 Å². The van der Waals surface area contributed by atoms with Crippen LogP contribution in [0.4, 0.5) is 0 Å². The highest BCUT2D eigenvalue weighted by atomic mass is 35.5. The number of methoxy groups -OCH3 is 1. The second-order valence-corrected chi connectivity index (χ2v) is 7.63. The molecule has 2 aromatic carbocycles. The Morgan fingerprint density at radius 3 is 2.35 bits per heavy atom. The first kappa shape index (κ1) is 19.9. The summed E-state index contributed by atoms with van der Waals surface area (Å²) in [6.45, 7) is -0.553. The molecule has 0 heterocycles. The molecular formula is C17H16ClNO6S. The molecule has 2 aromatic rings. The molecule has 26 heavy (non-hydrogen) atoms. The number of sulfonamides is 1. The summed E-state index contributed by atoms with van der Waals surface area (Å²) in [6.07, 6.45) is 0. The molecule has 0 fully saturated rings. The number of esters is 1. The first-order valence-corrected chi connectivity index (χ1v) is 9.21. The van der Waals surface area contributed by atoms with Gasteiger partial charge in [0.2, 0.25) is 10.0 Å². The molecule has 0 aliphatic carbocycles. The van der Waals surface area contributed by atoms with Crippen LogP contribution in [0.15, 0.2) is 53.4 Å². The highest BCUT2D eigenvalue weighted by Gasteiger charge is 2.28. The van der Waals surface area contributed by atoms with Crippen molar-refractivity contribution >= 4 is 33.6 Å². The van der Waals surface area contributed by atoms with Gasteiger partial charge < -0.3 is 9.84 Å². The molecular weight excluding hydrogens is 382 g/mol. The lowest BCUT2D eigenvalue weighted by atomic mass is 10.2. The third-order valence-electron chi connectivity index (χ3n) is 3.54. The van der Waals surface area contributed by atoms with Gasteiger partial charge in [0.15, 0.2) is 0 Å². The van der Waals surface area contributed by atoms with Crippen molar-refractivity contribution in [1.82, 2.24) is 4.31 Å². The van der Waals surface area contributed by atoms with Crippen LogP contribution < -0.4 is 0 Å². The van der Waals surface area contributed by atoms with Gasteiger partial charge in [0, 0.05) is 6.54 Å². The molecule has 0 amide bonds. The highest BCUT2D eigenvalue weighted by molar-refractivity contribution is 7.89. The third-order valence-corrected chi connectivity index (χ3v) is 5.64. The van der Waals surface area contributed by atoms with Crippen LogP contribution in [0.3, 0.4) is 0 Å². The first-order chi connectivity index (χ1) is 12.3. The lowest BCUT2D eigenvalue weighted by Crippen LogP contribution is -2.35. The molecule has 0 aliphatic rings. The number of rotatable bonds is 7. The molecule has 9 heteroatoms. The molecule has 0 aromatic heterocycles. The van der Waals surface area contributed by atoms with Crippen molar-refractivity contribution < 1.29 is 27.9 Å². The molecule has 0 saturated carbocycles. The predicted molar refractivity (Wildman–Crippen MR) is 94.5 cm³/mol. The van der Waals surface area contributed by atoms with Gasteiger partial charge in [0.1, 0.15) is 6.54 Å². The Morgan fingerprint density at radius 2 is 1.81 bits per heavy atom. The average Bonchev–Trinajstić information content (AvgIpc) is 2.61. The molecule has 0 bridgehead atoms. The lowest BCUT2D eigenvalue weighted by molar-refractivity contribution is -0.140. The zero-order valence-electron chi connectivity index (χ0n) is 13.8. The number of nitrogens with zero attached hydrogens (tertiary/aromatic N) is 1. The van der Waals surface area contributed by atoms with E-state index in [4.69, 9.17) is 16.7 Å². The molecule has 2 rings (SSSR count). The van der Waals surface area contributed by atoms with Gasteiger partial charge in [0.05, 0.1) is 22.6 Å². The molecule has 1 N–H and O–H groups in total. The van der Waals surface area contributed by atoms with Gasteiger partial charge in [0.25, 0.3) is 0 Å². The van der Waals surface area contributed by atoms with Crippen molar-refractivity contribution in [3.05, 3.63) is 64.7 Å². The Bertz CT molecular complexity index is 914. The minimum atomic E-state index is -4.11. The number of carbonyl (C=O) groups excluding carboxylic acids is 1. The molecule has 138 valence electrons. The van der Waals surface area contributed by atoms with Crippen LogP contribution in [-0.4, -0.2) is 43.4 Å². The number of hydrogen-bond donors (Lipinski definition) is 1. The Morgan fingerprint density at radius 1 is 1.15 bits per heavy atom. The molecule has 0 unspecified atom stereocenters. The zero-order chi connectivity index (χ0) is 19.3. The van der Waals surface area contributed by atoms with Crippen LogP contribution in [0, 0.1) is 0 Å². The Kier molecular flexibility index (Phi) is 6.36. The average molecular weight is 398 g/mol. The molecule has 0 atom stereocenters. The van der Waals surface area contributed by atoms with Crippen molar-refractivity contribution in [2.24, 2.45) is 0 Å². The topological polar surface area (TPSA) is 101 Å². The van der Waals surface area contributed by atoms with Crippen LogP contribution in [0.5, 0.6) is 0 Å². The van der Waals surface area contributed by atoms with E-state index in [1.807, 2.05) is 0 Å². The number of aromatic carboxylic acids is 1. The van der Waals surface area contributed by atoms with Crippen LogP contribution in [-0.2, 0) is 26.1 Å². The highest BCUT2D eigenvalue weighted by Crippen LogP contribution is 2.24. The van der Waals surface area contributed by atoms with Gasteiger partial charge in [-0.15, -0.1) is 0 Å². The fraction of sp³-hybridized carbons (Fsp3) is 0.176. The van der Waals surface area contributed by atoms with Gasteiger partial charge >= 0.3 is 11.9 Å². The van der Waals surface area contributed by atoms with Crippen molar-refractivity contribution in [2.75, 3.05) is 13.7 Å². The number of carboxylic acids is 1. The summed E-state index contributed by atoms with van der Waals surface area (Å²) in [5, 5.41) is 8.80. The number of ether oxygens (including phenoxy) is 1. The number of hydrogen-bond acceptors (Lipinski definition) is 5. The summed E-state index contributed by atoms with van der Waals surface area (Å²) in [6, 6.07) is 12.0. The van der Waals surface area contributed by atoms with E-state index in [-0.39, 0.29) is 22.0 Å². The summed E-state index contributed by atoms with van der Waals surface area (Å²) < 4.78 is 31.4. The second kappa shape index (κ2) is 8.31. The maximum atomic E-state index is 12.9. The SMILES string of the molecule is COC(=O)CN(Cc1ccccc1)S(=O)(=O)c1ccc(C(=O)O)c(Cl)c1. The standard InChI is InChI=1S/C17H16ClNO6S/c1-25-16(20)11-19(10-12-5-3-2-4-6-12)26(23,24)13-7-8-14(17(21)22)15(18)9-13/h2-9H,10-11H2,1H3,(H,21,22). The van der Waals surface area contributed by atoms with E-state index in [0.717, 1.165) is 29.6 Å². The van der Waals surface area contributed by atoms with E-state index >= 15 is 0 Å². The summed E-state index contributed by atoms with van der Waals surface area (Å²) in [5.74, 6) is -1.99. The van der Waals surface area contributed by atoms with E-state index in [9.17, 15) is 18.0 Å². The van der Waals surface area contributed by atoms with Crippen LogP contribution in [0.1, 0.15) is 15.9 Å². The zero-order valence-corrected chi connectivity index (χ0v) is 15.3. The van der Waals surface area contributed by atoms with Crippen molar-refractivity contribution in [3.8, 4) is 0 Å². The number of carboxylic acid groups (broad SMARTS) is 1. The van der Waals surface area contributed by atoms with Crippen LogP contribution in [0.25, 0.3) is 0 Å². The van der Waals surface area contributed by atoms with Crippen molar-refractivity contribution in [1.29, 1.82) is 0 Å². The molecule has 0 aliphatic heterocycles. The summed E-state index contributed by atoms with van der Waals surface area (Å²) >= 11 is 5.87. The van der Waals surface area contributed by atoms with Gasteiger partial charge in [-0.1, -0.05) is 41.9 Å². The first-order valence-electron chi connectivity index (χ1n) is 7.39. The van der Waals surface area contributed by atoms with E-state index in [1.54, 1.807) is 30.3 Å². The lowest BCUT2D eigenvalue weighted by Gasteiger charge is -2.21. The maximum Gasteiger partial charge on any atom is 0.337 e. The fourth-order valence-electron chi connectivity index (χ4n) is 2.20. The fourth-order valence-corrected chi connectivity index (χ4v) is 3.93. The number of benzene rings is 2. The third kappa shape index (κ3) is 4.60. The Balaban J connectivity index is 2.42. The van der Waals surface area contributed by atoms with Gasteiger partial charge in [-0.2, -0.15) is 4.31 Å². The van der Waals surface area contributed by atoms with Gasteiger partial charge in [-0.25, -0.2) is 13.2 Å². The minimum Gasteiger partial charge on any atom is -0.478 e. The molecule has 0 saturated heterocycles. The summed E-state index contributed by atoms with van der Waals surface area (Å²) in [5.41, 5.74) is 0.460. The second-order valence-electron chi connectivity index (χ2n) is 5.28. The summed E-state index contributed by atoms with van der Waals surface area (Å²) in [7, 11) is -2.95. The monoisotopic (exact) mass is 397 g/mol. The maximum absolute atomic E-state index is 12.9. The predicted octanol–water partition coefficient (Wildman–Crippen LogP) is 2.40. The Hall–Kier alpha value is -2.42. The number of carbonyl (C=O) groups is 2. The largest absolute Gasteiger partial charge is 0.478 e. The van der Waals surface area contributed by atoms with Crippen LogP contribution >= 0.6 is 11.6 Å². The van der Waals surface area contributed by atoms with E-state index in [0.29, 0.717) is 5.56 Å². The smallest absolute Gasteiger partial charge is 0.337 e. The molecule has 7 nitrogen and oxygen atoms in total. The van der Waals surface area contributed by atoms with Crippen molar-refractivity contribution in [3.63, 3.8) is 0 Å². The van der Waals surface area contributed by atoms with Gasteiger partial charge in [-0.3, -0.25) is 4.79 Å². The summed E-state index contributed by atoms with van der Waals surface area (Å²) in [4.78, 5) is 22.5. The van der Waals surface area contributed by atoms with E-state index in [2.05, 4.69) is 4.74 Å². The molecule has 0 radical (unpaired) electrons. The molecule has 0 spiro atoms. The van der Waals surface area contributed by atoms with E-state index in [1.165, 1.54) is 0 Å².